The van der Waals surface area contributed by atoms with Gasteiger partial charge in [0.1, 0.15) is 24.2 Å². The molecule has 0 spiro atoms. The zero-order valence-corrected chi connectivity index (χ0v) is 26.1. The van der Waals surface area contributed by atoms with Gasteiger partial charge in [-0.15, -0.1) is 0 Å². The van der Waals surface area contributed by atoms with Crippen molar-refractivity contribution in [3.05, 3.63) is 120 Å². The Bertz CT molecular complexity index is 1890. The fourth-order valence-corrected chi connectivity index (χ4v) is 6.30. The summed E-state index contributed by atoms with van der Waals surface area (Å²) in [4.78, 5) is 34.9. The monoisotopic (exact) mass is 615 g/mol. The number of hydrogen-bond donors (Lipinski definition) is 0. The largest absolute Gasteiger partial charge is 0.496 e. The van der Waals surface area contributed by atoms with Crippen molar-refractivity contribution in [2.24, 2.45) is 4.99 Å². The van der Waals surface area contributed by atoms with Crippen LogP contribution in [0.25, 0.3) is 6.08 Å². The molecule has 1 aliphatic heterocycles. The molecule has 0 radical (unpaired) electrons. The molecule has 0 fully saturated rings. The fourth-order valence-electron chi connectivity index (χ4n) is 5.25. The summed E-state index contributed by atoms with van der Waals surface area (Å²) in [6.07, 6.45) is 1.78. The van der Waals surface area contributed by atoms with Gasteiger partial charge in [0.05, 0.1) is 30.0 Å². The van der Waals surface area contributed by atoms with E-state index in [1.165, 1.54) is 23.5 Å². The maximum atomic E-state index is 14.1. The molecule has 0 bridgehead atoms. The number of nitrogens with zero attached hydrogens (tertiary/aromatic N) is 3. The number of para-hydroxylation sites is 1. The Morgan fingerprint density at radius 3 is 2.39 bits per heavy atom. The van der Waals surface area contributed by atoms with E-state index in [0.29, 0.717) is 56.5 Å². The van der Waals surface area contributed by atoms with E-state index in [4.69, 9.17) is 19.2 Å². The summed E-state index contributed by atoms with van der Waals surface area (Å²) in [5.41, 5.74) is 2.99. The van der Waals surface area contributed by atoms with Gasteiger partial charge in [-0.1, -0.05) is 47.7 Å². The van der Waals surface area contributed by atoms with Crippen LogP contribution in [0.1, 0.15) is 43.5 Å². The van der Waals surface area contributed by atoms with Crippen LogP contribution in [0, 0.1) is 5.82 Å². The van der Waals surface area contributed by atoms with Crippen LogP contribution in [-0.2, 0) is 11.4 Å². The summed E-state index contributed by atoms with van der Waals surface area (Å²) in [7, 11) is 3.12. The van der Waals surface area contributed by atoms with Gasteiger partial charge in [0, 0.05) is 18.7 Å². The van der Waals surface area contributed by atoms with Crippen LogP contribution >= 0.6 is 11.3 Å². The number of allylic oxidation sites excluding steroid dienone is 1. The minimum Gasteiger partial charge on any atom is -0.496 e. The van der Waals surface area contributed by atoms with Gasteiger partial charge in [0.15, 0.2) is 16.3 Å². The van der Waals surface area contributed by atoms with Gasteiger partial charge in [-0.3, -0.25) is 14.2 Å². The molecule has 2 heterocycles. The highest BCUT2D eigenvalue weighted by atomic mass is 32.1. The van der Waals surface area contributed by atoms with Gasteiger partial charge >= 0.3 is 0 Å². The number of thiazole rings is 1. The molecule has 1 atom stereocenters. The van der Waals surface area contributed by atoms with E-state index in [0.717, 1.165) is 11.1 Å². The van der Waals surface area contributed by atoms with Crippen molar-refractivity contribution < 1.29 is 23.4 Å². The van der Waals surface area contributed by atoms with Crippen molar-refractivity contribution in [1.29, 1.82) is 0 Å². The van der Waals surface area contributed by atoms with Crippen LogP contribution < -0.4 is 29.1 Å². The summed E-state index contributed by atoms with van der Waals surface area (Å²) in [5.74, 6) is 1.11. The van der Waals surface area contributed by atoms with Crippen molar-refractivity contribution in [2.45, 2.75) is 33.4 Å². The molecule has 0 unspecified atom stereocenters. The van der Waals surface area contributed by atoms with Crippen molar-refractivity contribution in [2.75, 3.05) is 27.3 Å². The standard InChI is InChI=1S/C34H34FN3O5S/c1-6-37(7-2)33(40)30-21(3)36-34-38(31(30)25-10-8-9-11-26(25)41-4)32(39)29(44-34)19-23-14-17-27(28(18-23)42-5)43-20-22-12-15-24(35)16-13-22/h8-19,31H,6-7,20H2,1-5H3/b29-19+/t31-/m0/s1. The number of ether oxygens (including phenoxy) is 3. The smallest absolute Gasteiger partial charge is 0.271 e. The number of rotatable bonds is 10. The second kappa shape index (κ2) is 13.3. The predicted molar refractivity (Wildman–Crippen MR) is 168 cm³/mol. The Morgan fingerprint density at radius 2 is 1.70 bits per heavy atom. The minimum atomic E-state index is -0.713. The lowest BCUT2D eigenvalue weighted by Gasteiger charge is -2.29. The summed E-state index contributed by atoms with van der Waals surface area (Å²) in [5, 5.41) is 0. The molecule has 3 aromatic carbocycles. The molecule has 0 N–H and O–H groups in total. The molecule has 1 aliphatic rings. The zero-order valence-electron chi connectivity index (χ0n) is 25.3. The third kappa shape index (κ3) is 6.03. The molecule has 10 heteroatoms. The number of benzene rings is 3. The van der Waals surface area contributed by atoms with Gasteiger partial charge in [0.25, 0.3) is 11.5 Å². The fraction of sp³-hybridized carbons (Fsp3) is 0.265. The normalized spacial score (nSPS) is 14.6. The number of fused-ring (bicyclic) bond motifs is 1. The molecular weight excluding hydrogens is 581 g/mol. The van der Waals surface area contributed by atoms with Crippen molar-refractivity contribution in [1.82, 2.24) is 9.47 Å². The minimum absolute atomic E-state index is 0.164. The van der Waals surface area contributed by atoms with E-state index < -0.39 is 6.04 Å². The van der Waals surface area contributed by atoms with Crippen LogP contribution in [0.5, 0.6) is 17.2 Å². The van der Waals surface area contributed by atoms with E-state index in [9.17, 15) is 14.0 Å². The van der Waals surface area contributed by atoms with E-state index in [2.05, 4.69) is 0 Å². The van der Waals surface area contributed by atoms with Gasteiger partial charge in [-0.2, -0.15) is 0 Å². The van der Waals surface area contributed by atoms with E-state index in [1.54, 1.807) is 54.0 Å². The first-order chi connectivity index (χ1) is 21.3. The predicted octanol–water partition coefficient (Wildman–Crippen LogP) is 4.84. The van der Waals surface area contributed by atoms with Crippen LogP contribution in [0.4, 0.5) is 4.39 Å². The zero-order chi connectivity index (χ0) is 31.4. The van der Waals surface area contributed by atoms with Gasteiger partial charge < -0.3 is 19.1 Å². The highest BCUT2D eigenvalue weighted by Gasteiger charge is 2.35. The summed E-state index contributed by atoms with van der Waals surface area (Å²) < 4.78 is 32.5. The number of methoxy groups -OCH3 is 2. The molecule has 4 aromatic rings. The van der Waals surface area contributed by atoms with Crippen molar-refractivity contribution in [3.63, 3.8) is 0 Å². The second-order valence-corrected chi connectivity index (χ2v) is 11.1. The lowest BCUT2D eigenvalue weighted by Crippen LogP contribution is -2.43. The highest BCUT2D eigenvalue weighted by molar-refractivity contribution is 7.07. The molecule has 0 saturated carbocycles. The number of halogens is 1. The Hall–Kier alpha value is -4.70. The Morgan fingerprint density at radius 1 is 1.00 bits per heavy atom. The van der Waals surface area contributed by atoms with E-state index in [-0.39, 0.29) is 23.9 Å². The number of amides is 1. The van der Waals surface area contributed by atoms with E-state index in [1.807, 2.05) is 51.1 Å². The number of likely N-dealkylation sites (N-methyl/N-ethyl adjacent to an activating group) is 1. The van der Waals surface area contributed by atoms with Crippen LogP contribution in [-0.4, -0.2) is 42.7 Å². The second-order valence-electron chi connectivity index (χ2n) is 10.1. The van der Waals surface area contributed by atoms with Crippen LogP contribution in [0.15, 0.2) is 87.8 Å². The quantitative estimate of drug-likeness (QED) is 0.255. The molecule has 0 saturated heterocycles. The SMILES string of the molecule is CCN(CC)C(=O)C1=C(C)N=c2s/c(=C/c3ccc(OCc4ccc(F)cc4)c(OC)c3)c(=O)n2[C@H]1c1ccccc1OC. The first-order valence-corrected chi connectivity index (χ1v) is 15.1. The van der Waals surface area contributed by atoms with Gasteiger partial charge in [0.2, 0.25) is 0 Å². The molecule has 1 amide bonds. The third-order valence-electron chi connectivity index (χ3n) is 7.53. The Kier molecular flexibility index (Phi) is 9.29. The third-order valence-corrected chi connectivity index (χ3v) is 8.51. The first kappa shape index (κ1) is 30.7. The van der Waals surface area contributed by atoms with Crippen molar-refractivity contribution in [3.8, 4) is 17.2 Å². The lowest BCUT2D eigenvalue weighted by molar-refractivity contribution is -0.127. The average molecular weight is 616 g/mol. The molecule has 1 aromatic heterocycles. The number of carbonyl (C=O) groups excluding carboxylic acids is 1. The van der Waals surface area contributed by atoms with Crippen LogP contribution in [0.2, 0.25) is 0 Å². The highest BCUT2D eigenvalue weighted by Crippen LogP contribution is 2.36. The molecular formula is C34H34FN3O5S. The topological polar surface area (TPSA) is 82.4 Å². The van der Waals surface area contributed by atoms with Crippen molar-refractivity contribution >= 4 is 23.3 Å². The van der Waals surface area contributed by atoms with Gasteiger partial charge in [-0.25, -0.2) is 9.38 Å². The maximum absolute atomic E-state index is 14.1. The summed E-state index contributed by atoms with van der Waals surface area (Å²) in [6.45, 7) is 6.97. The molecule has 44 heavy (non-hydrogen) atoms. The van der Waals surface area contributed by atoms with Crippen LogP contribution in [0.3, 0.4) is 0 Å². The molecule has 0 aliphatic carbocycles. The first-order valence-electron chi connectivity index (χ1n) is 14.3. The summed E-state index contributed by atoms with van der Waals surface area (Å²) in [6, 6.07) is 18.2. The van der Waals surface area contributed by atoms with E-state index >= 15 is 0 Å². The molecule has 5 rings (SSSR count). The molecule has 228 valence electrons. The average Bonchev–Trinajstić information content (AvgIpc) is 3.34. The number of carbonyl (C=O) groups is 1. The number of aromatic nitrogens is 1. The Balaban J connectivity index is 1.58. The molecule has 8 nitrogen and oxygen atoms in total. The Labute approximate surface area is 259 Å². The maximum Gasteiger partial charge on any atom is 0.271 e. The number of hydrogen-bond acceptors (Lipinski definition) is 7. The summed E-state index contributed by atoms with van der Waals surface area (Å²) >= 11 is 1.26. The lowest BCUT2D eigenvalue weighted by atomic mass is 9.94. The van der Waals surface area contributed by atoms with Gasteiger partial charge in [-0.05, 0) is 68.3 Å².